The molecule has 0 aliphatic heterocycles. The Morgan fingerprint density at radius 1 is 1.53 bits per heavy atom. The van der Waals surface area contributed by atoms with Crippen molar-refractivity contribution < 1.29 is 14.3 Å². The van der Waals surface area contributed by atoms with Crippen LogP contribution in [0.2, 0.25) is 0 Å². The van der Waals surface area contributed by atoms with Crippen molar-refractivity contribution in [2.75, 3.05) is 13.7 Å². The van der Waals surface area contributed by atoms with E-state index >= 15 is 0 Å². The molecule has 17 heavy (non-hydrogen) atoms. The van der Waals surface area contributed by atoms with E-state index in [1.54, 1.807) is 18.2 Å². The van der Waals surface area contributed by atoms with E-state index in [1.807, 2.05) is 0 Å². The quantitative estimate of drug-likeness (QED) is 0.619. The van der Waals surface area contributed by atoms with Crippen molar-refractivity contribution in [3.8, 4) is 11.8 Å². The summed E-state index contributed by atoms with van der Waals surface area (Å²) in [4.78, 5) is 10.9. The van der Waals surface area contributed by atoms with Gasteiger partial charge in [-0.05, 0) is 24.6 Å². The van der Waals surface area contributed by atoms with Crippen LogP contribution in [-0.4, -0.2) is 19.7 Å². The first-order valence-electron chi connectivity index (χ1n) is 5.06. The molecular weight excluding hydrogens is 286 g/mol. The fourth-order valence-corrected chi connectivity index (χ4v) is 1.58. The Balaban J connectivity index is 2.47. The van der Waals surface area contributed by atoms with E-state index in [0.29, 0.717) is 30.8 Å². The molecule has 90 valence electrons. The number of hydrogen-bond acceptors (Lipinski definition) is 4. The minimum Gasteiger partial charge on any atom is -0.492 e. The number of carbonyl (C=O) groups is 1. The molecule has 0 aliphatic rings. The molecule has 0 heterocycles. The van der Waals surface area contributed by atoms with Gasteiger partial charge in [0.2, 0.25) is 0 Å². The molecule has 0 aromatic heterocycles. The average Bonchev–Trinajstić information content (AvgIpc) is 2.35. The molecule has 4 nitrogen and oxygen atoms in total. The van der Waals surface area contributed by atoms with E-state index in [9.17, 15) is 4.79 Å². The van der Waals surface area contributed by atoms with Crippen LogP contribution in [0.3, 0.4) is 0 Å². The van der Waals surface area contributed by atoms with Gasteiger partial charge in [0.25, 0.3) is 0 Å². The molecular formula is C12H12BrNO3. The van der Waals surface area contributed by atoms with Crippen LogP contribution in [0.1, 0.15) is 18.4 Å². The van der Waals surface area contributed by atoms with Gasteiger partial charge in [-0.3, -0.25) is 4.79 Å². The number of halogens is 1. The lowest BCUT2D eigenvalue weighted by Crippen LogP contribution is -2.05. The Kier molecular flexibility index (Phi) is 5.50. The largest absolute Gasteiger partial charge is 0.492 e. The highest BCUT2D eigenvalue weighted by atomic mass is 79.9. The first-order valence-corrected chi connectivity index (χ1v) is 5.86. The van der Waals surface area contributed by atoms with Crippen molar-refractivity contribution in [2.45, 2.75) is 12.8 Å². The molecule has 0 amide bonds. The summed E-state index contributed by atoms with van der Waals surface area (Å²) in [6, 6.07) is 7.27. The van der Waals surface area contributed by atoms with E-state index in [4.69, 9.17) is 10.00 Å². The molecule has 0 N–H and O–H groups in total. The zero-order valence-corrected chi connectivity index (χ0v) is 11.0. The Morgan fingerprint density at radius 3 is 2.94 bits per heavy atom. The first-order chi connectivity index (χ1) is 8.17. The van der Waals surface area contributed by atoms with Gasteiger partial charge in [-0.2, -0.15) is 5.26 Å². The summed E-state index contributed by atoms with van der Waals surface area (Å²) >= 11 is 3.28. The molecule has 0 saturated carbocycles. The SMILES string of the molecule is COC(=O)CCCOc1ccc(Br)cc1C#N. The molecule has 0 saturated heterocycles. The van der Waals surface area contributed by atoms with Crippen LogP contribution in [0.4, 0.5) is 0 Å². The molecule has 0 unspecified atom stereocenters. The molecule has 1 aromatic carbocycles. The summed E-state index contributed by atoms with van der Waals surface area (Å²) in [5.74, 6) is 0.269. The second kappa shape index (κ2) is 6.92. The average molecular weight is 298 g/mol. The minimum absolute atomic E-state index is 0.259. The number of nitrogens with zero attached hydrogens (tertiary/aromatic N) is 1. The Bertz CT molecular complexity index is 440. The van der Waals surface area contributed by atoms with E-state index in [-0.39, 0.29) is 5.97 Å². The first kappa shape index (κ1) is 13.5. The van der Waals surface area contributed by atoms with Crippen LogP contribution in [-0.2, 0) is 9.53 Å². The van der Waals surface area contributed by atoms with E-state index in [2.05, 4.69) is 26.7 Å². The Hall–Kier alpha value is -1.54. The van der Waals surface area contributed by atoms with E-state index < -0.39 is 0 Å². The fourth-order valence-electron chi connectivity index (χ4n) is 1.22. The maximum absolute atomic E-state index is 10.9. The lowest BCUT2D eigenvalue weighted by Gasteiger charge is -2.07. The van der Waals surface area contributed by atoms with Gasteiger partial charge in [0.05, 0.1) is 19.3 Å². The van der Waals surface area contributed by atoms with Crippen LogP contribution in [0.15, 0.2) is 22.7 Å². The topological polar surface area (TPSA) is 59.3 Å². The van der Waals surface area contributed by atoms with Crippen molar-refractivity contribution in [1.29, 1.82) is 5.26 Å². The van der Waals surface area contributed by atoms with Gasteiger partial charge in [-0.25, -0.2) is 0 Å². The number of nitriles is 1. The van der Waals surface area contributed by atoms with Gasteiger partial charge in [0.15, 0.2) is 0 Å². The standard InChI is InChI=1S/C12H12BrNO3/c1-16-12(15)3-2-6-17-11-5-4-10(13)7-9(11)8-14/h4-5,7H,2-3,6H2,1H3. The summed E-state index contributed by atoms with van der Waals surface area (Å²) < 4.78 is 10.8. The highest BCUT2D eigenvalue weighted by molar-refractivity contribution is 9.10. The van der Waals surface area contributed by atoms with Crippen molar-refractivity contribution in [1.82, 2.24) is 0 Å². The van der Waals surface area contributed by atoms with Crippen molar-refractivity contribution in [3.05, 3.63) is 28.2 Å². The number of esters is 1. The van der Waals surface area contributed by atoms with Gasteiger partial charge in [-0.15, -0.1) is 0 Å². The second-order valence-corrected chi connectivity index (χ2v) is 4.20. The van der Waals surface area contributed by atoms with Gasteiger partial charge in [-0.1, -0.05) is 15.9 Å². The molecule has 1 rings (SSSR count). The number of hydrogen-bond donors (Lipinski definition) is 0. The number of benzene rings is 1. The van der Waals surface area contributed by atoms with Gasteiger partial charge < -0.3 is 9.47 Å². The summed E-state index contributed by atoms with van der Waals surface area (Å²) in [5, 5.41) is 8.90. The highest BCUT2D eigenvalue weighted by Crippen LogP contribution is 2.22. The third-order valence-corrected chi connectivity index (χ3v) is 2.57. The fraction of sp³-hybridized carbons (Fsp3) is 0.333. The third kappa shape index (κ3) is 4.45. The lowest BCUT2D eigenvalue weighted by molar-refractivity contribution is -0.140. The molecule has 0 bridgehead atoms. The third-order valence-electron chi connectivity index (χ3n) is 2.07. The van der Waals surface area contributed by atoms with Gasteiger partial charge in [0.1, 0.15) is 11.8 Å². The smallest absolute Gasteiger partial charge is 0.305 e. The van der Waals surface area contributed by atoms with Crippen LogP contribution in [0, 0.1) is 11.3 Å². The molecule has 5 heteroatoms. The zero-order valence-electron chi connectivity index (χ0n) is 9.40. The summed E-state index contributed by atoms with van der Waals surface area (Å²) in [7, 11) is 1.35. The van der Waals surface area contributed by atoms with E-state index in [1.165, 1.54) is 7.11 Å². The predicted molar refractivity (Wildman–Crippen MR) is 65.6 cm³/mol. The Morgan fingerprint density at radius 2 is 2.29 bits per heavy atom. The monoisotopic (exact) mass is 297 g/mol. The summed E-state index contributed by atoms with van der Waals surface area (Å²) in [6.07, 6.45) is 0.878. The van der Waals surface area contributed by atoms with Crippen molar-refractivity contribution in [3.63, 3.8) is 0 Å². The minimum atomic E-state index is -0.259. The molecule has 0 radical (unpaired) electrons. The number of carbonyl (C=O) groups excluding carboxylic acids is 1. The van der Waals surface area contributed by atoms with E-state index in [0.717, 1.165) is 4.47 Å². The summed E-state index contributed by atoms with van der Waals surface area (Å²) in [5.41, 5.74) is 0.470. The molecule has 0 fully saturated rings. The maximum Gasteiger partial charge on any atom is 0.305 e. The van der Waals surface area contributed by atoms with Gasteiger partial charge >= 0.3 is 5.97 Å². The van der Waals surface area contributed by atoms with Crippen LogP contribution < -0.4 is 4.74 Å². The lowest BCUT2D eigenvalue weighted by atomic mass is 10.2. The summed E-state index contributed by atoms with van der Waals surface area (Å²) in [6.45, 7) is 0.380. The van der Waals surface area contributed by atoms with Gasteiger partial charge in [0, 0.05) is 10.9 Å². The number of methoxy groups -OCH3 is 1. The van der Waals surface area contributed by atoms with Crippen molar-refractivity contribution in [2.24, 2.45) is 0 Å². The zero-order chi connectivity index (χ0) is 12.7. The van der Waals surface area contributed by atoms with Crippen LogP contribution in [0.25, 0.3) is 0 Å². The van der Waals surface area contributed by atoms with Crippen molar-refractivity contribution >= 4 is 21.9 Å². The number of ether oxygens (including phenoxy) is 2. The second-order valence-electron chi connectivity index (χ2n) is 3.28. The maximum atomic E-state index is 10.9. The molecule has 0 atom stereocenters. The Labute approximate surface area is 108 Å². The predicted octanol–water partition coefficient (Wildman–Crippen LogP) is 2.65. The van der Waals surface area contributed by atoms with Crippen LogP contribution in [0.5, 0.6) is 5.75 Å². The highest BCUT2D eigenvalue weighted by Gasteiger charge is 2.05. The number of rotatable bonds is 5. The molecule has 0 aliphatic carbocycles. The van der Waals surface area contributed by atoms with Crippen LogP contribution >= 0.6 is 15.9 Å². The molecule has 0 spiro atoms. The molecule has 1 aromatic rings. The normalized spacial score (nSPS) is 9.47.